The minimum absolute atomic E-state index is 0.287. The van der Waals surface area contributed by atoms with E-state index in [9.17, 15) is 0 Å². The van der Waals surface area contributed by atoms with Crippen LogP contribution in [0.4, 0.5) is 0 Å². The Bertz CT molecular complexity index is 2150. The molecule has 0 nitrogen and oxygen atoms in total. The van der Waals surface area contributed by atoms with Crippen LogP contribution in [0.1, 0.15) is 49.8 Å². The fraction of sp³-hybridized carbons (Fsp3) is 0.140. The summed E-state index contributed by atoms with van der Waals surface area (Å²) in [6, 6.07) is 47.9. The Hall–Kier alpha value is -3.93. The Morgan fingerprint density at radius 1 is 0.614 bits per heavy atom. The molecule has 0 spiro atoms. The predicted molar refractivity (Wildman–Crippen MR) is 188 cm³/mol. The van der Waals surface area contributed by atoms with Gasteiger partial charge in [0.2, 0.25) is 0 Å². The molecule has 2 atom stereocenters. The van der Waals surface area contributed by atoms with Gasteiger partial charge in [0.05, 0.1) is 0 Å². The van der Waals surface area contributed by atoms with Crippen LogP contribution in [0.2, 0.25) is 0 Å². The zero-order valence-electron chi connectivity index (χ0n) is 25.6. The van der Waals surface area contributed by atoms with Gasteiger partial charge in [-0.3, -0.25) is 0 Å². The topological polar surface area (TPSA) is 0 Å². The van der Waals surface area contributed by atoms with E-state index >= 15 is 0 Å². The van der Waals surface area contributed by atoms with Gasteiger partial charge in [-0.1, -0.05) is 0 Å². The van der Waals surface area contributed by atoms with Crippen LogP contribution in [-0.2, 0) is 24.7 Å². The van der Waals surface area contributed by atoms with Crippen LogP contribution in [0.25, 0.3) is 32.7 Å². The van der Waals surface area contributed by atoms with Crippen molar-refractivity contribution in [1.29, 1.82) is 0 Å². The van der Waals surface area contributed by atoms with Gasteiger partial charge in [0, 0.05) is 0 Å². The Labute approximate surface area is 262 Å². The maximum absolute atomic E-state index is 5.81. The molecule has 0 N–H and O–H groups in total. The van der Waals surface area contributed by atoms with Crippen LogP contribution in [0.15, 0.2) is 149 Å². The molecule has 0 saturated heterocycles. The second-order valence-corrected chi connectivity index (χ2v) is 28.4. The standard InChI is InChI=1S/C21H13.2C8H9.C5H5.CH2.Zr/c1-2-8-15-14(7-1)13-20-18-11-4-3-9-16(18)17-10-5-6-12-19(17)21(15)20;2*1-2-8-6-4-3-5-7-8;1-2-4-5-3-1;;/h1-10,12H,13H2;2*2-7H,1H3;1-3H,4H2;1H2;. The minimum atomic E-state index is -4.68. The van der Waals surface area contributed by atoms with Crippen LogP contribution in [0.5, 0.6) is 0 Å². The molecule has 0 aliphatic heterocycles. The normalized spacial score (nSPS) is 15.7. The average Bonchev–Trinajstić information content (AvgIpc) is 3.78. The summed E-state index contributed by atoms with van der Waals surface area (Å²) in [5.41, 5.74) is 8.55. The summed E-state index contributed by atoms with van der Waals surface area (Å²) >= 11 is -4.68. The molecule has 0 saturated carbocycles. The second-order valence-electron chi connectivity index (χ2n) is 13.2. The summed E-state index contributed by atoms with van der Waals surface area (Å²) in [5.74, 6) is 0. The van der Waals surface area contributed by atoms with E-state index in [1.54, 1.807) is 6.55 Å². The monoisotopic (exact) mass is 644 g/mol. The summed E-state index contributed by atoms with van der Waals surface area (Å²) < 4.78 is 9.52. The summed E-state index contributed by atoms with van der Waals surface area (Å²) in [4.78, 5) is 0. The molecular weight excluding hydrogens is 608 g/mol. The van der Waals surface area contributed by atoms with Gasteiger partial charge >= 0.3 is 264 Å². The maximum atomic E-state index is 5.81. The van der Waals surface area contributed by atoms with Gasteiger partial charge in [0.15, 0.2) is 0 Å². The van der Waals surface area contributed by atoms with Crippen molar-refractivity contribution in [2.75, 3.05) is 0 Å². The fourth-order valence-electron chi connectivity index (χ4n) is 9.11. The van der Waals surface area contributed by atoms with Crippen molar-refractivity contribution >= 4 is 29.0 Å². The number of benzene rings is 6. The Morgan fingerprint density at radius 2 is 1.20 bits per heavy atom. The van der Waals surface area contributed by atoms with Crippen LogP contribution in [0.3, 0.4) is 0 Å². The molecule has 2 aliphatic rings. The van der Waals surface area contributed by atoms with Crippen LogP contribution in [0, 0.1) is 0 Å². The summed E-state index contributed by atoms with van der Waals surface area (Å²) in [5, 5.41) is 5.56. The number of hydrogen-bond donors (Lipinski definition) is 0. The summed E-state index contributed by atoms with van der Waals surface area (Å²) in [6.07, 6.45) is 9.07. The molecule has 0 bridgehead atoms. The van der Waals surface area contributed by atoms with Crippen molar-refractivity contribution in [2.45, 2.75) is 33.9 Å². The van der Waals surface area contributed by atoms with Gasteiger partial charge in [-0.15, -0.1) is 0 Å². The molecule has 0 radical (unpaired) electrons. The first-order valence-electron chi connectivity index (χ1n) is 16.1. The van der Waals surface area contributed by atoms with Crippen LogP contribution < -0.4 is 3.27 Å². The van der Waals surface area contributed by atoms with Gasteiger partial charge in [-0.2, -0.15) is 0 Å². The number of rotatable bonds is 6. The average molecular weight is 646 g/mol. The molecule has 0 heterocycles. The molecule has 8 rings (SSSR count). The van der Waals surface area contributed by atoms with Crippen molar-refractivity contribution in [3.8, 4) is 11.1 Å². The molecule has 0 fully saturated rings. The van der Waals surface area contributed by atoms with Crippen molar-refractivity contribution in [3.05, 3.63) is 171 Å². The molecule has 2 aliphatic carbocycles. The molecule has 214 valence electrons. The molecule has 44 heavy (non-hydrogen) atoms. The summed E-state index contributed by atoms with van der Waals surface area (Å²) in [7, 11) is 0. The van der Waals surface area contributed by atoms with Crippen LogP contribution in [-0.4, -0.2) is 4.21 Å². The number of allylic oxidation sites excluding steroid dienone is 4. The molecule has 0 amide bonds. The third-order valence-corrected chi connectivity index (χ3v) is 31.7. The molecule has 1 heteroatoms. The first-order chi connectivity index (χ1) is 21.5. The van der Waals surface area contributed by atoms with Crippen LogP contribution >= 0.6 is 0 Å². The van der Waals surface area contributed by atoms with Gasteiger partial charge in [-0.25, -0.2) is 0 Å². The van der Waals surface area contributed by atoms with E-state index in [0.717, 1.165) is 12.8 Å². The fourth-order valence-corrected chi connectivity index (χ4v) is 27.6. The number of hydrogen-bond acceptors (Lipinski definition) is 0. The quantitative estimate of drug-likeness (QED) is 0.158. The van der Waals surface area contributed by atoms with E-state index in [4.69, 9.17) is 4.21 Å². The molecule has 2 unspecified atom stereocenters. The van der Waals surface area contributed by atoms with E-state index in [1.807, 2.05) is 0 Å². The molecule has 6 aromatic carbocycles. The zero-order valence-corrected chi connectivity index (χ0v) is 28.1. The zero-order chi connectivity index (χ0) is 29.9. The summed E-state index contributed by atoms with van der Waals surface area (Å²) in [6.45, 7) is 5.03. The van der Waals surface area contributed by atoms with E-state index in [-0.39, 0.29) is 7.25 Å². The van der Waals surface area contributed by atoms with E-state index in [1.165, 1.54) is 54.9 Å². The number of fused-ring (bicyclic) bond motifs is 8. The van der Waals surface area contributed by atoms with E-state index in [2.05, 4.69) is 159 Å². The molecular formula is C43H38Zr. The molecule has 6 aromatic rings. The third kappa shape index (κ3) is 3.69. The van der Waals surface area contributed by atoms with Gasteiger partial charge in [0.25, 0.3) is 0 Å². The Balaban J connectivity index is 1.59. The Kier molecular flexibility index (Phi) is 6.48. The Morgan fingerprint density at radius 3 is 1.86 bits per heavy atom. The van der Waals surface area contributed by atoms with Crippen molar-refractivity contribution in [1.82, 2.24) is 0 Å². The SMILES string of the molecule is [CH2]=[Zr]([C]1=CC=CC1)([c]1cccc2c1c1c(c3ccccc32)-c2ccccc2C1)([CH](C)c1ccccc1)[CH](C)c1ccccc1. The second kappa shape index (κ2) is 10.3. The van der Waals surface area contributed by atoms with Crippen molar-refractivity contribution in [2.24, 2.45) is 0 Å². The van der Waals surface area contributed by atoms with E-state index < -0.39 is 18.3 Å². The van der Waals surface area contributed by atoms with Crippen molar-refractivity contribution in [3.63, 3.8) is 0 Å². The predicted octanol–water partition coefficient (Wildman–Crippen LogP) is 10.7. The van der Waals surface area contributed by atoms with Gasteiger partial charge < -0.3 is 0 Å². The van der Waals surface area contributed by atoms with Gasteiger partial charge in [-0.05, 0) is 0 Å². The van der Waals surface area contributed by atoms with Crippen molar-refractivity contribution < 1.29 is 18.3 Å². The first kappa shape index (κ1) is 27.6. The third-order valence-electron chi connectivity index (χ3n) is 11.6. The molecule has 0 aromatic heterocycles. The first-order valence-corrected chi connectivity index (χ1v) is 23.1. The van der Waals surface area contributed by atoms with E-state index in [0.29, 0.717) is 0 Å². The van der Waals surface area contributed by atoms with Gasteiger partial charge in [0.1, 0.15) is 0 Å².